The van der Waals surface area contributed by atoms with E-state index in [0.717, 1.165) is 4.90 Å². The zero-order valence-electron chi connectivity index (χ0n) is 15.5. The Morgan fingerprint density at radius 3 is 1.33 bits per heavy atom. The molecule has 16 nitrogen and oxygen atoms in total. The van der Waals surface area contributed by atoms with Gasteiger partial charge in [-0.15, -0.1) is 0 Å². The lowest BCUT2D eigenvalue weighted by atomic mass is 10.1. The Labute approximate surface area is 171 Å². The maximum Gasteiger partial charge on any atom is 0.339 e. The van der Waals surface area contributed by atoms with E-state index in [9.17, 15) is 28.2 Å². The summed E-state index contributed by atoms with van der Waals surface area (Å²) in [5, 5.41) is 9.29. The number of nitrogens with zero attached hydrogens (tertiary/aromatic N) is 2. The smallest absolute Gasteiger partial charge is 0.339 e. The third-order valence-electron chi connectivity index (χ3n) is 3.43. The van der Waals surface area contributed by atoms with Crippen LogP contribution in [0, 0.1) is 0 Å². The molecule has 1 atom stereocenters. The van der Waals surface area contributed by atoms with Crippen LogP contribution in [0.2, 0.25) is 0 Å². The van der Waals surface area contributed by atoms with Gasteiger partial charge < -0.3 is 44.3 Å². The molecule has 0 spiro atoms. The fourth-order valence-corrected chi connectivity index (χ4v) is 5.94. The Morgan fingerprint density at radius 2 is 1.03 bits per heavy atom. The summed E-state index contributed by atoms with van der Waals surface area (Å²) in [4.78, 5) is 84.8. The van der Waals surface area contributed by atoms with Gasteiger partial charge in [0.25, 0.3) is 0 Å². The zero-order chi connectivity index (χ0) is 24.0. The lowest BCUT2D eigenvalue weighted by Gasteiger charge is -2.29. The summed E-state index contributed by atoms with van der Waals surface area (Å²) in [7, 11) is -19.0. The lowest BCUT2D eigenvalue weighted by molar-refractivity contribution is -0.143. The van der Waals surface area contributed by atoms with Gasteiger partial charge in [-0.1, -0.05) is 6.42 Å². The molecule has 0 aliphatic rings. The number of carbonyl (C=O) groups is 1. The summed E-state index contributed by atoms with van der Waals surface area (Å²) in [5.41, 5.74) is 0. The van der Waals surface area contributed by atoms with Crippen LogP contribution >= 0.6 is 30.4 Å². The summed E-state index contributed by atoms with van der Waals surface area (Å²) in [6.45, 7) is -0.250. The molecule has 0 saturated carbocycles. The van der Waals surface area contributed by atoms with Crippen molar-refractivity contribution in [2.75, 3.05) is 31.7 Å². The first-order valence-corrected chi connectivity index (χ1v) is 15.2. The van der Waals surface area contributed by atoms with Crippen LogP contribution in [0.25, 0.3) is 0 Å². The van der Waals surface area contributed by atoms with Gasteiger partial charge in [0.15, 0.2) is 0 Å². The van der Waals surface area contributed by atoms with E-state index in [4.69, 9.17) is 39.1 Å². The third kappa shape index (κ3) is 16.7. The summed E-state index contributed by atoms with van der Waals surface area (Å²) in [5.74, 6) is -1.61. The monoisotopic (exact) mass is 522 g/mol. The van der Waals surface area contributed by atoms with Crippen molar-refractivity contribution in [3.8, 4) is 0 Å². The molecule has 0 bridgehead atoms. The first-order chi connectivity index (χ1) is 13.2. The minimum atomic E-state index is -4.87. The van der Waals surface area contributed by atoms with Crippen LogP contribution in [0.1, 0.15) is 19.3 Å². The molecule has 180 valence electrons. The number of carboxylic acid groups (broad SMARTS) is 1. The fourth-order valence-electron chi connectivity index (χ4n) is 2.56. The Balaban J connectivity index is 5.14. The summed E-state index contributed by atoms with van der Waals surface area (Å²) >= 11 is 0. The normalized spacial score (nSPS) is 15.0. The number of unbranched alkanes of at least 4 members (excludes halogenated alkanes) is 1. The molecule has 0 aliphatic heterocycles. The van der Waals surface area contributed by atoms with Gasteiger partial charge in [-0.2, -0.15) is 0 Å². The Kier molecular flexibility index (Phi) is 11.7. The van der Waals surface area contributed by atoms with Gasteiger partial charge in [-0.3, -0.25) is 32.9 Å². The molecule has 0 amide bonds. The minimum Gasteiger partial charge on any atom is -0.480 e. The van der Waals surface area contributed by atoms with E-state index in [2.05, 4.69) is 0 Å². The predicted octanol–water partition coefficient (Wildman–Crippen LogP) is -1.25. The molecule has 0 aromatic rings. The summed E-state index contributed by atoms with van der Waals surface area (Å²) in [6.07, 6.45) is -4.80. The predicted molar refractivity (Wildman–Crippen MR) is 101 cm³/mol. The highest BCUT2D eigenvalue weighted by Gasteiger charge is 2.34. The van der Waals surface area contributed by atoms with Gasteiger partial charge in [-0.25, -0.2) is 0 Å². The second-order valence-electron chi connectivity index (χ2n) is 6.56. The van der Waals surface area contributed by atoms with Crippen molar-refractivity contribution in [3.63, 3.8) is 0 Å². The average molecular weight is 522 g/mol. The molecule has 20 heteroatoms. The Hall–Kier alpha value is -0.0100. The van der Waals surface area contributed by atoms with Crippen molar-refractivity contribution in [3.05, 3.63) is 0 Å². The minimum absolute atomic E-state index is 0.0244. The van der Waals surface area contributed by atoms with Gasteiger partial charge in [0.1, 0.15) is 31.2 Å². The second kappa shape index (κ2) is 11.7. The van der Waals surface area contributed by atoms with Gasteiger partial charge in [-0.05, 0) is 19.4 Å². The number of rotatable bonds is 15. The quantitative estimate of drug-likeness (QED) is 0.0898. The molecule has 1 unspecified atom stereocenters. The number of carboxylic acids is 1. The molecular formula is C10H26N2O14P4. The van der Waals surface area contributed by atoms with E-state index < -0.39 is 67.5 Å². The van der Waals surface area contributed by atoms with Crippen molar-refractivity contribution in [2.24, 2.45) is 0 Å². The second-order valence-corrected chi connectivity index (χ2v) is 13.0. The van der Waals surface area contributed by atoms with E-state index in [1.807, 2.05) is 0 Å². The molecule has 0 aromatic carbocycles. The number of hydrogen-bond acceptors (Lipinski definition) is 7. The number of hydrogen-bond donors (Lipinski definition) is 9. The van der Waals surface area contributed by atoms with E-state index in [-0.39, 0.29) is 25.8 Å². The van der Waals surface area contributed by atoms with Crippen molar-refractivity contribution in [1.29, 1.82) is 0 Å². The van der Waals surface area contributed by atoms with Crippen LogP contribution in [0.3, 0.4) is 0 Å². The first-order valence-electron chi connectivity index (χ1n) is 8.06. The molecule has 0 saturated heterocycles. The topological polar surface area (TPSA) is 274 Å². The Bertz CT molecular complexity index is 704. The van der Waals surface area contributed by atoms with E-state index >= 15 is 0 Å². The third-order valence-corrected chi connectivity index (χ3v) is 6.43. The Morgan fingerprint density at radius 1 is 0.667 bits per heavy atom. The van der Waals surface area contributed by atoms with Crippen LogP contribution in [-0.4, -0.2) is 97.8 Å². The molecule has 0 aromatic heterocycles. The van der Waals surface area contributed by atoms with Crippen molar-refractivity contribution >= 4 is 36.4 Å². The molecule has 9 N–H and O–H groups in total. The van der Waals surface area contributed by atoms with Crippen LogP contribution in [0.4, 0.5) is 0 Å². The zero-order valence-corrected chi connectivity index (χ0v) is 19.1. The van der Waals surface area contributed by atoms with E-state index in [1.54, 1.807) is 0 Å². The summed E-state index contributed by atoms with van der Waals surface area (Å²) < 4.78 is 44.5. The van der Waals surface area contributed by atoms with Gasteiger partial charge >= 0.3 is 36.4 Å². The molecule has 0 heterocycles. The fraction of sp³-hybridized carbons (Fsp3) is 0.900. The largest absolute Gasteiger partial charge is 0.480 e. The van der Waals surface area contributed by atoms with Crippen LogP contribution in [0.5, 0.6) is 0 Å². The highest BCUT2D eigenvalue weighted by atomic mass is 31.2. The maximum absolute atomic E-state index is 11.5. The lowest BCUT2D eigenvalue weighted by Crippen LogP contribution is -2.42. The van der Waals surface area contributed by atoms with Crippen LogP contribution in [-0.2, 0) is 23.1 Å². The van der Waals surface area contributed by atoms with Crippen molar-refractivity contribution in [2.45, 2.75) is 25.3 Å². The standard InChI is InChI=1S/C10H26N2O14P4/c13-10(14)9(12(7-29(21,22)23)8-30(24,25)26)3-1-2-4-11(5-27(15,16)17)6-28(18,19)20/h9H,1-8H2,(H,13,14)(H2,15,16,17)(H2,18,19,20)(H2,21,22,23)(H2,24,25,26). The van der Waals surface area contributed by atoms with Gasteiger partial charge in [0.05, 0.1) is 0 Å². The molecule has 0 aliphatic carbocycles. The molecule has 0 rings (SSSR count). The summed E-state index contributed by atoms with van der Waals surface area (Å²) in [6, 6.07) is -1.69. The highest BCUT2D eigenvalue weighted by molar-refractivity contribution is 7.53. The average Bonchev–Trinajstić information content (AvgIpc) is 2.38. The maximum atomic E-state index is 11.5. The van der Waals surface area contributed by atoms with Gasteiger partial charge in [0, 0.05) is 0 Å². The number of aliphatic carboxylic acids is 1. The highest BCUT2D eigenvalue weighted by Crippen LogP contribution is 2.43. The van der Waals surface area contributed by atoms with Crippen LogP contribution < -0.4 is 0 Å². The molecule has 0 radical (unpaired) electrons. The van der Waals surface area contributed by atoms with Crippen LogP contribution in [0.15, 0.2) is 0 Å². The SMILES string of the molecule is O=C(O)C(CCCCN(CP(=O)(O)O)CP(=O)(O)O)N(CP(=O)(O)O)CP(=O)(O)O. The van der Waals surface area contributed by atoms with E-state index in [1.165, 1.54) is 0 Å². The first kappa shape index (κ1) is 30.0. The molecular weight excluding hydrogens is 496 g/mol. The molecule has 30 heavy (non-hydrogen) atoms. The van der Waals surface area contributed by atoms with Gasteiger partial charge in [0.2, 0.25) is 0 Å². The van der Waals surface area contributed by atoms with E-state index in [0.29, 0.717) is 4.90 Å². The van der Waals surface area contributed by atoms with Crippen molar-refractivity contribution in [1.82, 2.24) is 9.80 Å². The van der Waals surface area contributed by atoms with Crippen molar-refractivity contribution < 1.29 is 67.3 Å². The molecule has 0 fully saturated rings.